The van der Waals surface area contributed by atoms with Crippen molar-refractivity contribution in [1.82, 2.24) is 0 Å². The summed E-state index contributed by atoms with van der Waals surface area (Å²) in [5.74, 6) is 0.827. The van der Waals surface area contributed by atoms with Crippen molar-refractivity contribution in [3.63, 3.8) is 0 Å². The molecule has 1 aromatic rings. The molecule has 0 saturated carbocycles. The van der Waals surface area contributed by atoms with Gasteiger partial charge >= 0.3 is 0 Å². The molecular formula is C12H19NO2. The zero-order chi connectivity index (χ0) is 11.5. The van der Waals surface area contributed by atoms with E-state index in [0.29, 0.717) is 6.61 Å². The summed E-state index contributed by atoms with van der Waals surface area (Å²) in [5, 5.41) is 0. The summed E-state index contributed by atoms with van der Waals surface area (Å²) in [5.41, 5.74) is 7.76. The Morgan fingerprint density at radius 2 is 1.93 bits per heavy atom. The van der Waals surface area contributed by atoms with Gasteiger partial charge in [-0.15, -0.1) is 0 Å². The van der Waals surface area contributed by atoms with Crippen LogP contribution >= 0.6 is 0 Å². The standard InChI is InChI=1S/C12H19NO2/c1-12(2,13)10-6-5-9(8-14-3)11(7-10)15-4/h5-7H,8,13H2,1-4H3. The molecule has 84 valence electrons. The lowest BCUT2D eigenvalue weighted by Crippen LogP contribution is -2.28. The van der Waals surface area contributed by atoms with Crippen LogP contribution in [0.25, 0.3) is 0 Å². The fraction of sp³-hybridized carbons (Fsp3) is 0.500. The molecule has 0 amide bonds. The van der Waals surface area contributed by atoms with E-state index in [2.05, 4.69) is 0 Å². The van der Waals surface area contributed by atoms with Crippen LogP contribution in [0.15, 0.2) is 18.2 Å². The molecule has 0 radical (unpaired) electrons. The van der Waals surface area contributed by atoms with Crippen LogP contribution < -0.4 is 10.5 Å². The SMILES string of the molecule is COCc1ccc(C(C)(C)N)cc1OC. The Morgan fingerprint density at radius 3 is 2.40 bits per heavy atom. The number of methoxy groups -OCH3 is 2. The van der Waals surface area contributed by atoms with Gasteiger partial charge in [-0.3, -0.25) is 0 Å². The zero-order valence-electron chi connectivity index (χ0n) is 9.83. The van der Waals surface area contributed by atoms with Crippen molar-refractivity contribution in [3.05, 3.63) is 29.3 Å². The molecule has 1 aromatic carbocycles. The Kier molecular flexibility index (Phi) is 3.72. The fourth-order valence-electron chi connectivity index (χ4n) is 1.42. The van der Waals surface area contributed by atoms with E-state index >= 15 is 0 Å². The lowest BCUT2D eigenvalue weighted by Gasteiger charge is -2.20. The van der Waals surface area contributed by atoms with E-state index in [1.54, 1.807) is 14.2 Å². The normalized spacial score (nSPS) is 11.5. The van der Waals surface area contributed by atoms with Gasteiger partial charge in [0.05, 0.1) is 13.7 Å². The average Bonchev–Trinajstić information content (AvgIpc) is 2.17. The molecule has 0 spiro atoms. The van der Waals surface area contributed by atoms with Crippen LogP contribution in [0.3, 0.4) is 0 Å². The molecule has 0 aliphatic rings. The summed E-state index contributed by atoms with van der Waals surface area (Å²) < 4.78 is 10.4. The average molecular weight is 209 g/mol. The maximum atomic E-state index is 6.02. The molecule has 0 atom stereocenters. The van der Waals surface area contributed by atoms with Crippen LogP contribution in [0.1, 0.15) is 25.0 Å². The number of hydrogen-bond donors (Lipinski definition) is 1. The van der Waals surface area contributed by atoms with Gasteiger partial charge in [0.15, 0.2) is 0 Å². The molecule has 0 fully saturated rings. The number of hydrogen-bond acceptors (Lipinski definition) is 3. The van der Waals surface area contributed by atoms with Crippen molar-refractivity contribution in [2.24, 2.45) is 5.73 Å². The molecule has 0 saturated heterocycles. The Balaban J connectivity index is 3.08. The third-order valence-electron chi connectivity index (χ3n) is 2.33. The van der Waals surface area contributed by atoms with E-state index in [1.807, 2.05) is 32.0 Å². The summed E-state index contributed by atoms with van der Waals surface area (Å²) in [7, 11) is 3.32. The first-order valence-corrected chi connectivity index (χ1v) is 4.94. The van der Waals surface area contributed by atoms with Crippen molar-refractivity contribution < 1.29 is 9.47 Å². The molecule has 1 rings (SSSR count). The quantitative estimate of drug-likeness (QED) is 0.825. The van der Waals surface area contributed by atoms with Gasteiger partial charge in [-0.2, -0.15) is 0 Å². The van der Waals surface area contributed by atoms with E-state index in [-0.39, 0.29) is 5.54 Å². The predicted molar refractivity (Wildman–Crippen MR) is 60.9 cm³/mol. The van der Waals surface area contributed by atoms with E-state index in [0.717, 1.165) is 16.9 Å². The summed E-state index contributed by atoms with van der Waals surface area (Å²) >= 11 is 0. The minimum Gasteiger partial charge on any atom is -0.496 e. The van der Waals surface area contributed by atoms with Crippen molar-refractivity contribution in [2.75, 3.05) is 14.2 Å². The number of rotatable bonds is 4. The van der Waals surface area contributed by atoms with Crippen LogP contribution in [0.5, 0.6) is 5.75 Å². The molecule has 0 aromatic heterocycles. The minimum absolute atomic E-state index is 0.348. The second-order valence-corrected chi connectivity index (χ2v) is 4.18. The Hall–Kier alpha value is -1.06. The fourth-order valence-corrected chi connectivity index (χ4v) is 1.42. The highest BCUT2D eigenvalue weighted by atomic mass is 16.5. The van der Waals surface area contributed by atoms with E-state index < -0.39 is 0 Å². The Morgan fingerprint density at radius 1 is 1.27 bits per heavy atom. The van der Waals surface area contributed by atoms with Crippen molar-refractivity contribution in [1.29, 1.82) is 0 Å². The largest absolute Gasteiger partial charge is 0.496 e. The zero-order valence-corrected chi connectivity index (χ0v) is 9.83. The smallest absolute Gasteiger partial charge is 0.124 e. The first-order valence-electron chi connectivity index (χ1n) is 4.94. The maximum absolute atomic E-state index is 6.02. The van der Waals surface area contributed by atoms with Gasteiger partial charge in [-0.25, -0.2) is 0 Å². The molecule has 0 aliphatic carbocycles. The molecular weight excluding hydrogens is 190 g/mol. The number of ether oxygens (including phenoxy) is 2. The van der Waals surface area contributed by atoms with E-state index in [4.69, 9.17) is 15.2 Å². The van der Waals surface area contributed by atoms with Gasteiger partial charge in [0.25, 0.3) is 0 Å². The third-order valence-corrected chi connectivity index (χ3v) is 2.33. The lowest BCUT2D eigenvalue weighted by atomic mass is 9.94. The molecule has 0 unspecified atom stereocenters. The van der Waals surface area contributed by atoms with Gasteiger partial charge < -0.3 is 15.2 Å². The molecule has 0 bridgehead atoms. The summed E-state index contributed by atoms with van der Waals surface area (Å²) in [4.78, 5) is 0. The van der Waals surface area contributed by atoms with Crippen LogP contribution in [0.2, 0.25) is 0 Å². The minimum atomic E-state index is -0.348. The maximum Gasteiger partial charge on any atom is 0.124 e. The van der Waals surface area contributed by atoms with Crippen LogP contribution in [-0.4, -0.2) is 14.2 Å². The summed E-state index contributed by atoms with van der Waals surface area (Å²) in [6.45, 7) is 4.49. The van der Waals surface area contributed by atoms with Gasteiger partial charge in [-0.05, 0) is 25.5 Å². The monoisotopic (exact) mass is 209 g/mol. The molecule has 0 aliphatic heterocycles. The number of benzene rings is 1. The van der Waals surface area contributed by atoms with Gasteiger partial charge in [0.1, 0.15) is 5.75 Å². The van der Waals surface area contributed by atoms with Crippen LogP contribution in [-0.2, 0) is 16.9 Å². The second-order valence-electron chi connectivity index (χ2n) is 4.18. The molecule has 3 heteroatoms. The highest BCUT2D eigenvalue weighted by molar-refractivity contribution is 5.39. The molecule has 3 nitrogen and oxygen atoms in total. The van der Waals surface area contributed by atoms with Crippen LogP contribution in [0, 0.1) is 0 Å². The molecule has 15 heavy (non-hydrogen) atoms. The highest BCUT2D eigenvalue weighted by Gasteiger charge is 2.16. The van der Waals surface area contributed by atoms with Gasteiger partial charge in [-0.1, -0.05) is 12.1 Å². The number of nitrogens with two attached hydrogens (primary N) is 1. The van der Waals surface area contributed by atoms with E-state index in [1.165, 1.54) is 0 Å². The van der Waals surface area contributed by atoms with Crippen molar-refractivity contribution in [3.8, 4) is 5.75 Å². The van der Waals surface area contributed by atoms with Crippen LogP contribution in [0.4, 0.5) is 0 Å². The predicted octanol–water partition coefficient (Wildman–Crippen LogP) is 2.04. The Labute approximate surface area is 91.2 Å². The lowest BCUT2D eigenvalue weighted by molar-refractivity contribution is 0.181. The molecule has 2 N–H and O–H groups in total. The first kappa shape index (κ1) is 12.0. The van der Waals surface area contributed by atoms with Crippen molar-refractivity contribution >= 4 is 0 Å². The van der Waals surface area contributed by atoms with Crippen molar-refractivity contribution in [2.45, 2.75) is 26.0 Å². The second kappa shape index (κ2) is 4.64. The first-order chi connectivity index (χ1) is 6.99. The summed E-state index contributed by atoms with van der Waals surface area (Å²) in [6, 6.07) is 5.97. The van der Waals surface area contributed by atoms with Gasteiger partial charge in [0.2, 0.25) is 0 Å². The van der Waals surface area contributed by atoms with E-state index in [9.17, 15) is 0 Å². The Bertz CT molecular complexity index is 329. The summed E-state index contributed by atoms with van der Waals surface area (Å²) in [6.07, 6.45) is 0. The highest BCUT2D eigenvalue weighted by Crippen LogP contribution is 2.26. The molecule has 0 heterocycles. The third kappa shape index (κ3) is 2.94. The topological polar surface area (TPSA) is 44.5 Å². The van der Waals surface area contributed by atoms with Gasteiger partial charge in [0, 0.05) is 18.2 Å².